The van der Waals surface area contributed by atoms with Gasteiger partial charge in [-0.3, -0.25) is 4.79 Å². The molecule has 0 unspecified atom stereocenters. The number of aryl methyl sites for hydroxylation is 1. The first-order chi connectivity index (χ1) is 9.13. The van der Waals surface area contributed by atoms with Crippen LogP contribution in [0.5, 0.6) is 5.75 Å². The Morgan fingerprint density at radius 3 is 2.74 bits per heavy atom. The lowest BCUT2D eigenvalue weighted by molar-refractivity contribution is -0.137. The highest BCUT2D eigenvalue weighted by molar-refractivity contribution is 9.10. The maximum Gasteiger partial charge on any atom is 0.303 e. The quantitative estimate of drug-likeness (QED) is 0.682. The first kappa shape index (κ1) is 16.0. The van der Waals surface area contributed by atoms with Gasteiger partial charge in [0.15, 0.2) is 0 Å². The Morgan fingerprint density at radius 2 is 2.11 bits per heavy atom. The summed E-state index contributed by atoms with van der Waals surface area (Å²) in [5.74, 6) is 0.177. The van der Waals surface area contributed by atoms with E-state index >= 15 is 0 Å². The summed E-state index contributed by atoms with van der Waals surface area (Å²) in [6.07, 6.45) is 4.98. The first-order valence-corrected chi connectivity index (χ1v) is 7.55. The molecule has 4 heteroatoms. The zero-order valence-electron chi connectivity index (χ0n) is 11.3. The number of carboxylic acid groups (broad SMARTS) is 1. The smallest absolute Gasteiger partial charge is 0.303 e. The molecule has 1 N–H and O–H groups in total. The van der Waals surface area contributed by atoms with Gasteiger partial charge < -0.3 is 9.84 Å². The van der Waals surface area contributed by atoms with Crippen molar-refractivity contribution in [2.45, 2.75) is 45.4 Å². The third kappa shape index (κ3) is 6.62. The Labute approximate surface area is 123 Å². The molecule has 0 aliphatic heterocycles. The van der Waals surface area contributed by atoms with Crippen LogP contribution >= 0.6 is 15.9 Å². The molecule has 0 bridgehead atoms. The van der Waals surface area contributed by atoms with Crippen molar-refractivity contribution in [1.82, 2.24) is 0 Å². The average molecular weight is 329 g/mol. The van der Waals surface area contributed by atoms with Crippen molar-refractivity contribution in [3.63, 3.8) is 0 Å². The summed E-state index contributed by atoms with van der Waals surface area (Å²) < 4.78 is 6.59. The number of halogens is 1. The van der Waals surface area contributed by atoms with Crippen LogP contribution in [0.1, 0.15) is 44.6 Å². The van der Waals surface area contributed by atoms with Crippen LogP contribution in [0.4, 0.5) is 0 Å². The molecule has 0 aromatic heterocycles. The van der Waals surface area contributed by atoms with E-state index in [0.29, 0.717) is 0 Å². The Hall–Kier alpha value is -1.03. The minimum atomic E-state index is -0.708. The van der Waals surface area contributed by atoms with Crippen LogP contribution < -0.4 is 4.74 Å². The minimum absolute atomic E-state index is 0.271. The molecule has 0 aliphatic carbocycles. The van der Waals surface area contributed by atoms with Gasteiger partial charge in [-0.1, -0.05) is 19.4 Å². The van der Waals surface area contributed by atoms with Crippen LogP contribution in [0.3, 0.4) is 0 Å². The number of carboxylic acids is 1. The zero-order chi connectivity index (χ0) is 14.1. The molecule has 1 aromatic carbocycles. The summed E-state index contributed by atoms with van der Waals surface area (Å²) >= 11 is 3.52. The highest BCUT2D eigenvalue weighted by Gasteiger charge is 2.03. The molecule has 0 fully saturated rings. The third-order valence-corrected chi connectivity index (χ3v) is 3.43. The first-order valence-electron chi connectivity index (χ1n) is 6.76. The van der Waals surface area contributed by atoms with E-state index < -0.39 is 5.97 Å². The van der Waals surface area contributed by atoms with Gasteiger partial charge in [-0.15, -0.1) is 0 Å². The molecule has 19 heavy (non-hydrogen) atoms. The van der Waals surface area contributed by atoms with Crippen molar-refractivity contribution in [2.75, 3.05) is 6.61 Å². The Kier molecular flexibility index (Phi) is 7.56. The van der Waals surface area contributed by atoms with Gasteiger partial charge in [-0.25, -0.2) is 0 Å². The van der Waals surface area contributed by atoms with E-state index in [1.165, 1.54) is 5.56 Å². The van der Waals surface area contributed by atoms with Crippen LogP contribution in [0.2, 0.25) is 0 Å². The minimum Gasteiger partial charge on any atom is -0.492 e. The van der Waals surface area contributed by atoms with Gasteiger partial charge >= 0.3 is 5.97 Å². The molecule has 0 spiro atoms. The van der Waals surface area contributed by atoms with E-state index in [9.17, 15) is 4.79 Å². The van der Waals surface area contributed by atoms with Gasteiger partial charge in [0.25, 0.3) is 0 Å². The van der Waals surface area contributed by atoms with Crippen molar-refractivity contribution in [3.8, 4) is 5.75 Å². The largest absolute Gasteiger partial charge is 0.492 e. The number of hydrogen-bond donors (Lipinski definition) is 1. The second kappa shape index (κ2) is 8.97. The number of hydrogen-bond acceptors (Lipinski definition) is 2. The molecular weight excluding hydrogens is 308 g/mol. The summed E-state index contributed by atoms with van der Waals surface area (Å²) in [4.78, 5) is 10.4. The maximum absolute atomic E-state index is 10.4. The lowest BCUT2D eigenvalue weighted by Gasteiger charge is -2.09. The van der Waals surface area contributed by atoms with E-state index in [1.807, 2.05) is 6.07 Å². The molecule has 0 saturated heterocycles. The van der Waals surface area contributed by atoms with Crippen LogP contribution in [0.25, 0.3) is 0 Å². The molecule has 106 valence electrons. The van der Waals surface area contributed by atoms with Gasteiger partial charge in [-0.2, -0.15) is 0 Å². The van der Waals surface area contributed by atoms with Crippen molar-refractivity contribution < 1.29 is 14.6 Å². The van der Waals surface area contributed by atoms with Gasteiger partial charge in [0.1, 0.15) is 5.75 Å². The van der Waals surface area contributed by atoms with Gasteiger partial charge in [-0.05, 0) is 59.3 Å². The van der Waals surface area contributed by atoms with Crippen LogP contribution in [0, 0.1) is 0 Å². The molecule has 0 amide bonds. The fourth-order valence-corrected chi connectivity index (χ4v) is 2.35. The molecule has 1 aromatic rings. The lowest BCUT2D eigenvalue weighted by atomic mass is 10.1. The fourth-order valence-electron chi connectivity index (χ4n) is 1.81. The maximum atomic E-state index is 10.4. The SMILES string of the molecule is CCCOc1ccc(CCCCCC(=O)O)cc1Br. The van der Waals surface area contributed by atoms with Gasteiger partial charge in [0, 0.05) is 6.42 Å². The Balaban J connectivity index is 2.34. The molecule has 0 radical (unpaired) electrons. The predicted octanol–water partition coefficient (Wildman–Crippen LogP) is 4.43. The summed E-state index contributed by atoms with van der Waals surface area (Å²) in [5, 5.41) is 8.55. The highest BCUT2D eigenvalue weighted by Crippen LogP contribution is 2.26. The van der Waals surface area contributed by atoms with Gasteiger partial charge in [0.2, 0.25) is 0 Å². The van der Waals surface area contributed by atoms with Crippen LogP contribution in [0.15, 0.2) is 22.7 Å². The van der Waals surface area contributed by atoms with Crippen molar-refractivity contribution in [1.29, 1.82) is 0 Å². The number of aliphatic carboxylic acids is 1. The summed E-state index contributed by atoms with van der Waals surface area (Å²) in [5.41, 5.74) is 1.26. The number of ether oxygens (including phenoxy) is 1. The summed E-state index contributed by atoms with van der Waals surface area (Å²) in [7, 11) is 0. The van der Waals surface area contributed by atoms with Gasteiger partial charge in [0.05, 0.1) is 11.1 Å². The van der Waals surface area contributed by atoms with E-state index in [-0.39, 0.29) is 6.42 Å². The summed E-state index contributed by atoms with van der Waals surface area (Å²) in [6, 6.07) is 6.15. The number of rotatable bonds is 9. The standard InChI is InChI=1S/C15H21BrO3/c1-2-10-19-14-9-8-12(11-13(14)16)6-4-3-5-7-15(17)18/h8-9,11H,2-7,10H2,1H3,(H,17,18). The normalized spacial score (nSPS) is 10.4. The molecule has 3 nitrogen and oxygen atoms in total. The number of unbranched alkanes of at least 4 members (excludes halogenated alkanes) is 2. The molecule has 1 rings (SSSR count). The monoisotopic (exact) mass is 328 g/mol. The third-order valence-electron chi connectivity index (χ3n) is 2.81. The van der Waals surface area contributed by atoms with E-state index in [0.717, 1.165) is 48.9 Å². The summed E-state index contributed by atoms with van der Waals surface area (Å²) in [6.45, 7) is 2.81. The Morgan fingerprint density at radius 1 is 1.32 bits per heavy atom. The van der Waals surface area contributed by atoms with Crippen LogP contribution in [-0.2, 0) is 11.2 Å². The molecular formula is C15H21BrO3. The molecule has 0 atom stereocenters. The van der Waals surface area contributed by atoms with Crippen molar-refractivity contribution in [2.24, 2.45) is 0 Å². The molecule has 0 saturated carbocycles. The van der Waals surface area contributed by atoms with Crippen LogP contribution in [-0.4, -0.2) is 17.7 Å². The number of carbonyl (C=O) groups is 1. The average Bonchev–Trinajstić information content (AvgIpc) is 2.37. The Bertz CT molecular complexity index is 404. The van der Waals surface area contributed by atoms with Crippen molar-refractivity contribution >= 4 is 21.9 Å². The molecule has 0 aliphatic rings. The fraction of sp³-hybridized carbons (Fsp3) is 0.533. The second-order valence-corrected chi connectivity index (χ2v) is 5.42. The highest BCUT2D eigenvalue weighted by atomic mass is 79.9. The second-order valence-electron chi connectivity index (χ2n) is 4.57. The predicted molar refractivity (Wildman–Crippen MR) is 79.7 cm³/mol. The van der Waals surface area contributed by atoms with E-state index in [1.54, 1.807) is 0 Å². The van der Waals surface area contributed by atoms with E-state index in [4.69, 9.17) is 9.84 Å². The lowest BCUT2D eigenvalue weighted by Crippen LogP contribution is -1.97. The number of benzene rings is 1. The van der Waals surface area contributed by atoms with E-state index in [2.05, 4.69) is 35.0 Å². The topological polar surface area (TPSA) is 46.5 Å². The van der Waals surface area contributed by atoms with Crippen molar-refractivity contribution in [3.05, 3.63) is 28.2 Å². The molecule has 0 heterocycles. The zero-order valence-corrected chi connectivity index (χ0v) is 12.9.